The Hall–Kier alpha value is -8.68. The Balaban J connectivity index is 1.12. The zero-order chi connectivity index (χ0) is 41.2. The Bertz CT molecular complexity index is 4230. The molecule has 0 saturated carbocycles. The van der Waals surface area contributed by atoms with Gasteiger partial charge in [0.2, 0.25) is 5.95 Å². The van der Waals surface area contributed by atoms with Crippen molar-refractivity contribution in [2.75, 3.05) is 0 Å². The molecular weight excluding hydrogens is 773 g/mol. The van der Waals surface area contributed by atoms with E-state index < -0.39 is 0 Å². The molecule has 14 rings (SSSR count). The van der Waals surface area contributed by atoms with Gasteiger partial charge in [-0.1, -0.05) is 170 Å². The Kier molecular flexibility index (Phi) is 6.98. The van der Waals surface area contributed by atoms with Gasteiger partial charge in [-0.2, -0.15) is 15.0 Å². The molecule has 0 saturated heterocycles. The molecule has 4 heterocycles. The van der Waals surface area contributed by atoms with E-state index >= 15 is 0 Å². The maximum absolute atomic E-state index is 7.05. The van der Waals surface area contributed by atoms with Gasteiger partial charge in [-0.15, -0.1) is 0 Å². The van der Waals surface area contributed by atoms with Crippen LogP contribution in [0.4, 0.5) is 0 Å². The third-order valence-corrected chi connectivity index (χ3v) is 12.8. The van der Waals surface area contributed by atoms with Gasteiger partial charge in [0.25, 0.3) is 0 Å². The SMILES string of the molecule is c1ccc2cc(-c3nc(-c4cccc5ccccc45)nc(-n4c5ccccc5c5ccc6c7ccccc7n(-c7nc8ccc9ccc%10ccccc%10c9c8o7)c6c54)n3)ccc2c1. The second-order valence-electron chi connectivity index (χ2n) is 16.2. The first-order valence-corrected chi connectivity index (χ1v) is 21.1. The van der Waals surface area contributed by atoms with E-state index in [0.717, 1.165) is 109 Å². The number of nitrogens with zero attached hydrogens (tertiary/aromatic N) is 6. The van der Waals surface area contributed by atoms with Crippen LogP contribution in [0, 0.1) is 0 Å². The number of benzene rings is 10. The fraction of sp³-hybridized carbons (Fsp3) is 0. The maximum atomic E-state index is 7.05. The fourth-order valence-corrected chi connectivity index (χ4v) is 9.93. The second kappa shape index (κ2) is 12.9. The minimum Gasteiger partial charge on any atom is -0.422 e. The van der Waals surface area contributed by atoms with Crippen LogP contribution >= 0.6 is 0 Å². The largest absolute Gasteiger partial charge is 0.422 e. The lowest BCUT2D eigenvalue weighted by Gasteiger charge is -2.13. The van der Waals surface area contributed by atoms with Crippen molar-refractivity contribution in [2.24, 2.45) is 0 Å². The van der Waals surface area contributed by atoms with Crippen LogP contribution in [0.25, 0.3) is 133 Å². The summed E-state index contributed by atoms with van der Waals surface area (Å²) in [6.45, 7) is 0. The molecule has 7 nitrogen and oxygen atoms in total. The second-order valence-corrected chi connectivity index (χ2v) is 16.2. The lowest BCUT2D eigenvalue weighted by atomic mass is 10.0. The van der Waals surface area contributed by atoms with Gasteiger partial charge in [0.15, 0.2) is 17.2 Å². The van der Waals surface area contributed by atoms with Crippen molar-refractivity contribution in [3.05, 3.63) is 194 Å². The number of fused-ring (bicyclic) bond motifs is 14. The van der Waals surface area contributed by atoms with E-state index in [1.54, 1.807) is 0 Å². The van der Waals surface area contributed by atoms with E-state index in [9.17, 15) is 0 Å². The summed E-state index contributed by atoms with van der Waals surface area (Å²) >= 11 is 0. The molecule has 0 spiro atoms. The third-order valence-electron chi connectivity index (χ3n) is 12.8. The average Bonchev–Trinajstić information content (AvgIpc) is 4.03. The molecule has 14 aromatic rings. The lowest BCUT2D eigenvalue weighted by Crippen LogP contribution is -2.07. The molecule has 292 valence electrons. The van der Waals surface area contributed by atoms with Gasteiger partial charge in [0.05, 0.1) is 22.1 Å². The molecule has 0 N–H and O–H groups in total. The molecule has 0 unspecified atom stereocenters. The van der Waals surface area contributed by atoms with Crippen molar-refractivity contribution in [1.29, 1.82) is 0 Å². The van der Waals surface area contributed by atoms with E-state index in [-0.39, 0.29) is 0 Å². The van der Waals surface area contributed by atoms with Gasteiger partial charge in [0.1, 0.15) is 5.52 Å². The van der Waals surface area contributed by atoms with Crippen LogP contribution in [0.15, 0.2) is 199 Å². The molecule has 10 aromatic carbocycles. The number of oxazole rings is 1. The summed E-state index contributed by atoms with van der Waals surface area (Å²) in [5.41, 5.74) is 7.26. The molecule has 0 aliphatic carbocycles. The number of aromatic nitrogens is 6. The monoisotopic (exact) mass is 804 g/mol. The van der Waals surface area contributed by atoms with Crippen LogP contribution < -0.4 is 0 Å². The standard InChI is InChI=1S/C56H32N6O/c1-2-15-37-32-38(27-24-33(37)12-1)53-58-54(45-21-11-16-34-13-3-5-17-39(34)45)60-55(59-53)61-47-22-9-7-19-41(47)43-29-30-44-42-20-8-10-23-48(42)62(51(44)50(43)61)56-57-46-31-28-36-26-25-35-14-4-6-18-40(35)49(36)52(46)63-56/h1-32H. The van der Waals surface area contributed by atoms with Crippen molar-refractivity contribution < 1.29 is 4.42 Å². The van der Waals surface area contributed by atoms with Crippen molar-refractivity contribution >= 4 is 97.8 Å². The summed E-state index contributed by atoms with van der Waals surface area (Å²) in [5, 5.41) is 13.2. The maximum Gasteiger partial charge on any atom is 0.307 e. The normalized spacial score (nSPS) is 12.1. The van der Waals surface area contributed by atoms with E-state index in [2.05, 4.69) is 203 Å². The van der Waals surface area contributed by atoms with Crippen LogP contribution in [0.1, 0.15) is 0 Å². The molecule has 0 fully saturated rings. The van der Waals surface area contributed by atoms with Gasteiger partial charge in [-0.25, -0.2) is 4.98 Å². The summed E-state index contributed by atoms with van der Waals surface area (Å²) in [6, 6.07) is 68.5. The molecule has 0 aliphatic heterocycles. The zero-order valence-electron chi connectivity index (χ0n) is 33.6. The third kappa shape index (κ3) is 4.96. The number of para-hydroxylation sites is 2. The summed E-state index contributed by atoms with van der Waals surface area (Å²) in [5.74, 6) is 1.70. The molecule has 0 atom stereocenters. The summed E-state index contributed by atoms with van der Waals surface area (Å²) in [6.07, 6.45) is 0. The molecule has 4 aromatic heterocycles. The van der Waals surface area contributed by atoms with E-state index in [1.807, 2.05) is 0 Å². The molecule has 0 amide bonds. The van der Waals surface area contributed by atoms with Gasteiger partial charge in [-0.3, -0.25) is 9.13 Å². The molecule has 63 heavy (non-hydrogen) atoms. The average molecular weight is 805 g/mol. The number of hydrogen-bond donors (Lipinski definition) is 0. The molecule has 7 heteroatoms. The zero-order valence-corrected chi connectivity index (χ0v) is 33.6. The Morgan fingerprint density at radius 2 is 0.937 bits per heavy atom. The fourth-order valence-electron chi connectivity index (χ4n) is 9.93. The quantitative estimate of drug-likeness (QED) is 0.166. The van der Waals surface area contributed by atoms with Crippen molar-refractivity contribution in [3.8, 4) is 34.7 Å². The van der Waals surface area contributed by atoms with Crippen LogP contribution in [0.5, 0.6) is 0 Å². The van der Waals surface area contributed by atoms with Crippen LogP contribution in [-0.2, 0) is 0 Å². The highest BCUT2D eigenvalue weighted by Crippen LogP contribution is 2.43. The first-order valence-electron chi connectivity index (χ1n) is 21.1. The number of rotatable bonds is 4. The molecular formula is C56H32N6O. The Labute approximate surface area is 358 Å². The van der Waals surface area contributed by atoms with Crippen LogP contribution in [-0.4, -0.2) is 29.1 Å². The Morgan fingerprint density at radius 1 is 0.365 bits per heavy atom. The van der Waals surface area contributed by atoms with Gasteiger partial charge in [-0.05, 0) is 62.0 Å². The first kappa shape index (κ1) is 34.1. The summed E-state index contributed by atoms with van der Waals surface area (Å²) in [4.78, 5) is 21.4. The number of hydrogen-bond acceptors (Lipinski definition) is 5. The van der Waals surface area contributed by atoms with E-state index in [1.165, 1.54) is 0 Å². The predicted octanol–water partition coefficient (Wildman–Crippen LogP) is 14.2. The van der Waals surface area contributed by atoms with Gasteiger partial charge < -0.3 is 4.42 Å². The predicted molar refractivity (Wildman–Crippen MR) is 257 cm³/mol. The highest BCUT2D eigenvalue weighted by atomic mass is 16.4. The lowest BCUT2D eigenvalue weighted by molar-refractivity contribution is 0.577. The summed E-state index contributed by atoms with van der Waals surface area (Å²) < 4.78 is 11.5. The Morgan fingerprint density at radius 3 is 1.73 bits per heavy atom. The minimum atomic E-state index is 0.491. The van der Waals surface area contributed by atoms with E-state index in [4.69, 9.17) is 24.4 Å². The molecule has 0 radical (unpaired) electrons. The molecule has 0 bridgehead atoms. The highest BCUT2D eigenvalue weighted by molar-refractivity contribution is 6.24. The highest BCUT2D eigenvalue weighted by Gasteiger charge is 2.26. The first-order chi connectivity index (χ1) is 31.2. The van der Waals surface area contributed by atoms with Gasteiger partial charge in [0, 0.05) is 38.1 Å². The molecule has 0 aliphatic rings. The minimum absolute atomic E-state index is 0.491. The topological polar surface area (TPSA) is 74.6 Å². The van der Waals surface area contributed by atoms with Crippen molar-refractivity contribution in [3.63, 3.8) is 0 Å². The smallest absolute Gasteiger partial charge is 0.307 e. The van der Waals surface area contributed by atoms with Crippen LogP contribution in [0.3, 0.4) is 0 Å². The summed E-state index contributed by atoms with van der Waals surface area (Å²) in [7, 11) is 0. The van der Waals surface area contributed by atoms with Crippen molar-refractivity contribution in [2.45, 2.75) is 0 Å². The van der Waals surface area contributed by atoms with Gasteiger partial charge >= 0.3 is 6.01 Å². The van der Waals surface area contributed by atoms with Crippen LogP contribution in [0.2, 0.25) is 0 Å². The van der Waals surface area contributed by atoms with Crippen molar-refractivity contribution in [1.82, 2.24) is 29.1 Å². The van der Waals surface area contributed by atoms with E-state index in [0.29, 0.717) is 23.6 Å².